The number of fused-ring (bicyclic) bond motifs is 2. The Kier molecular flexibility index (Phi) is 7.18. The lowest BCUT2D eigenvalue weighted by molar-refractivity contribution is -0.150. The van der Waals surface area contributed by atoms with Gasteiger partial charge in [-0.25, -0.2) is 14.0 Å². The van der Waals surface area contributed by atoms with Crippen molar-refractivity contribution in [3.05, 3.63) is 94.3 Å². The molecule has 0 saturated carbocycles. The highest BCUT2D eigenvalue weighted by Crippen LogP contribution is 2.42. The molecule has 0 amide bonds. The van der Waals surface area contributed by atoms with Crippen LogP contribution in [0.1, 0.15) is 38.7 Å². The molecule has 0 aromatic heterocycles. The molecule has 0 spiro atoms. The van der Waals surface area contributed by atoms with Gasteiger partial charge in [0.25, 0.3) is 0 Å². The van der Waals surface area contributed by atoms with E-state index in [1.807, 2.05) is 0 Å². The highest BCUT2D eigenvalue weighted by atomic mass is 32.2. The van der Waals surface area contributed by atoms with Gasteiger partial charge >= 0.3 is 18.1 Å². The van der Waals surface area contributed by atoms with E-state index < -0.39 is 41.2 Å². The Morgan fingerprint density at radius 1 is 0.944 bits per heavy atom. The van der Waals surface area contributed by atoms with Crippen molar-refractivity contribution in [3.8, 4) is 0 Å². The molecule has 10 heteroatoms. The maximum atomic E-state index is 14.2. The topological polar surface area (TPSA) is 61.8 Å². The number of halogens is 4. The van der Waals surface area contributed by atoms with Crippen molar-refractivity contribution in [2.45, 2.75) is 22.1 Å². The largest absolute Gasteiger partial charge is 0.465 e. The van der Waals surface area contributed by atoms with Gasteiger partial charge in [0.05, 0.1) is 18.2 Å². The Bertz CT molecular complexity index is 1370. The van der Waals surface area contributed by atoms with Crippen LogP contribution in [0, 0.1) is 5.82 Å². The summed E-state index contributed by atoms with van der Waals surface area (Å²) in [6.07, 6.45) is -4.97. The minimum absolute atomic E-state index is 0.0851. The summed E-state index contributed by atoms with van der Waals surface area (Å²) in [5, 5.41) is 0. The molecule has 1 heterocycles. The predicted molar refractivity (Wildman–Crippen MR) is 123 cm³/mol. The zero-order valence-electron chi connectivity index (χ0n) is 18.9. The van der Waals surface area contributed by atoms with E-state index in [1.54, 1.807) is 12.1 Å². The second-order valence-electron chi connectivity index (χ2n) is 7.62. The Labute approximate surface area is 207 Å². The van der Waals surface area contributed by atoms with Crippen molar-refractivity contribution >= 4 is 35.5 Å². The number of hydrogen-bond acceptors (Lipinski definition) is 6. The smallest absolute Gasteiger partial charge is 0.416 e. The summed E-state index contributed by atoms with van der Waals surface area (Å²) in [4.78, 5) is 26.2. The lowest BCUT2D eigenvalue weighted by Gasteiger charge is -2.20. The van der Waals surface area contributed by atoms with Crippen molar-refractivity contribution < 1.29 is 41.4 Å². The first-order valence-electron chi connectivity index (χ1n) is 10.4. The molecular weight excluding hydrogens is 500 g/mol. The van der Waals surface area contributed by atoms with Gasteiger partial charge in [0.2, 0.25) is 0 Å². The third kappa shape index (κ3) is 5.14. The average molecular weight is 518 g/mol. The molecule has 0 aliphatic carbocycles. The van der Waals surface area contributed by atoms with Crippen molar-refractivity contribution in [1.82, 2.24) is 0 Å². The molecule has 0 bridgehead atoms. The number of esters is 2. The fourth-order valence-corrected chi connectivity index (χ4v) is 4.76. The second-order valence-corrected chi connectivity index (χ2v) is 8.70. The van der Waals surface area contributed by atoms with E-state index in [1.165, 1.54) is 55.3 Å². The molecule has 36 heavy (non-hydrogen) atoms. The molecular formula is C26H18F4O5S. The van der Waals surface area contributed by atoms with E-state index in [2.05, 4.69) is 0 Å². The zero-order chi connectivity index (χ0) is 26.0. The summed E-state index contributed by atoms with van der Waals surface area (Å²) in [5.74, 6) is -2.36. The van der Waals surface area contributed by atoms with Gasteiger partial charge in [-0.3, -0.25) is 0 Å². The Morgan fingerprint density at radius 2 is 1.69 bits per heavy atom. The van der Waals surface area contributed by atoms with E-state index in [4.69, 9.17) is 14.2 Å². The third-order valence-electron chi connectivity index (χ3n) is 5.36. The van der Waals surface area contributed by atoms with E-state index in [-0.39, 0.29) is 16.9 Å². The molecule has 5 nitrogen and oxygen atoms in total. The molecule has 3 aromatic rings. The van der Waals surface area contributed by atoms with Crippen LogP contribution >= 0.6 is 11.8 Å². The first kappa shape index (κ1) is 25.5. The SMILES string of the molecule is COC(=O)c1ccc2c(c1)Sc1ccc(F)cc1C(OC(=O)[C@H](OC)c1ccccc1C(F)(F)F)=C2. The molecule has 0 unspecified atom stereocenters. The summed E-state index contributed by atoms with van der Waals surface area (Å²) >= 11 is 1.20. The number of rotatable bonds is 5. The van der Waals surface area contributed by atoms with Crippen molar-refractivity contribution in [2.24, 2.45) is 0 Å². The van der Waals surface area contributed by atoms with Crippen LogP contribution in [0.15, 0.2) is 70.5 Å². The van der Waals surface area contributed by atoms with Gasteiger partial charge in [-0.05, 0) is 48.0 Å². The molecule has 0 radical (unpaired) electrons. The first-order chi connectivity index (χ1) is 17.1. The van der Waals surface area contributed by atoms with Gasteiger partial charge in [-0.2, -0.15) is 13.2 Å². The lowest BCUT2D eigenvalue weighted by atomic mass is 10.0. The minimum Gasteiger partial charge on any atom is -0.465 e. The molecule has 3 aromatic carbocycles. The Morgan fingerprint density at radius 3 is 2.39 bits per heavy atom. The number of methoxy groups -OCH3 is 2. The summed E-state index contributed by atoms with van der Waals surface area (Å²) < 4.78 is 70.2. The summed E-state index contributed by atoms with van der Waals surface area (Å²) in [6, 6.07) is 13.1. The van der Waals surface area contributed by atoms with Crippen LogP contribution in [-0.4, -0.2) is 26.2 Å². The van der Waals surface area contributed by atoms with Gasteiger partial charge in [-0.1, -0.05) is 36.0 Å². The fourth-order valence-electron chi connectivity index (χ4n) is 3.69. The Hall–Kier alpha value is -3.63. The normalized spacial score (nSPS) is 13.6. The average Bonchev–Trinajstić information content (AvgIpc) is 2.99. The van der Waals surface area contributed by atoms with E-state index >= 15 is 0 Å². The second kappa shape index (κ2) is 10.2. The minimum atomic E-state index is -4.72. The van der Waals surface area contributed by atoms with Crippen LogP contribution in [0.5, 0.6) is 0 Å². The summed E-state index contributed by atoms with van der Waals surface area (Å²) in [5.41, 5.74) is -0.417. The van der Waals surface area contributed by atoms with Crippen LogP contribution in [-0.2, 0) is 25.2 Å². The summed E-state index contributed by atoms with van der Waals surface area (Å²) in [7, 11) is 2.34. The van der Waals surface area contributed by atoms with Crippen LogP contribution in [0.25, 0.3) is 11.8 Å². The third-order valence-corrected chi connectivity index (χ3v) is 6.51. The number of alkyl halides is 3. The molecule has 0 fully saturated rings. The number of ether oxygens (including phenoxy) is 3. The van der Waals surface area contributed by atoms with Gasteiger partial charge in [0.1, 0.15) is 11.6 Å². The number of hydrogen-bond donors (Lipinski definition) is 0. The molecule has 4 rings (SSSR count). The van der Waals surface area contributed by atoms with Gasteiger partial charge < -0.3 is 14.2 Å². The fraction of sp³-hybridized carbons (Fsp3) is 0.154. The van der Waals surface area contributed by atoms with Crippen LogP contribution in [0.4, 0.5) is 17.6 Å². The van der Waals surface area contributed by atoms with Crippen LogP contribution < -0.4 is 0 Å². The molecule has 0 saturated heterocycles. The molecule has 1 aliphatic rings. The van der Waals surface area contributed by atoms with Crippen LogP contribution in [0.3, 0.4) is 0 Å². The molecule has 0 N–H and O–H groups in total. The van der Waals surface area contributed by atoms with Gasteiger partial charge in [-0.15, -0.1) is 0 Å². The quantitative estimate of drug-likeness (QED) is 0.283. The lowest BCUT2D eigenvalue weighted by Crippen LogP contribution is -2.21. The maximum absolute atomic E-state index is 14.2. The Balaban J connectivity index is 1.77. The monoisotopic (exact) mass is 518 g/mol. The van der Waals surface area contributed by atoms with Gasteiger partial charge in [0, 0.05) is 28.0 Å². The number of benzene rings is 3. The first-order valence-corrected chi connectivity index (χ1v) is 11.3. The highest BCUT2D eigenvalue weighted by molar-refractivity contribution is 7.99. The van der Waals surface area contributed by atoms with E-state index in [0.29, 0.717) is 15.4 Å². The van der Waals surface area contributed by atoms with Gasteiger partial charge in [0.15, 0.2) is 6.10 Å². The molecule has 186 valence electrons. The van der Waals surface area contributed by atoms with E-state index in [9.17, 15) is 27.2 Å². The molecule has 1 aliphatic heterocycles. The maximum Gasteiger partial charge on any atom is 0.416 e. The zero-order valence-corrected chi connectivity index (χ0v) is 19.7. The van der Waals surface area contributed by atoms with Crippen LogP contribution in [0.2, 0.25) is 0 Å². The predicted octanol–water partition coefficient (Wildman–Crippen LogP) is 6.52. The standard InChI is InChI=1S/C26H18F4O5S/c1-33-23(17-5-3-4-6-19(17)26(28,29)30)25(32)35-20-11-14-7-8-15(24(31)34-2)12-22(14)36-21-10-9-16(27)13-18(20)21/h3-13,23H,1-2H3/t23-/m1/s1. The number of carbonyl (C=O) groups is 2. The number of carbonyl (C=O) groups excluding carboxylic acids is 2. The van der Waals surface area contributed by atoms with Crippen molar-refractivity contribution in [3.63, 3.8) is 0 Å². The summed E-state index contributed by atoms with van der Waals surface area (Å²) in [6.45, 7) is 0. The van der Waals surface area contributed by atoms with Crippen molar-refractivity contribution in [2.75, 3.05) is 14.2 Å². The highest BCUT2D eigenvalue weighted by Gasteiger charge is 2.38. The van der Waals surface area contributed by atoms with Crippen molar-refractivity contribution in [1.29, 1.82) is 0 Å². The van der Waals surface area contributed by atoms with E-state index in [0.717, 1.165) is 25.3 Å². The molecule has 1 atom stereocenters.